The molecule has 0 aliphatic carbocycles. The molecule has 0 aromatic carbocycles. The number of nitriles is 1. The number of nitrogens with one attached hydrogen (secondary N) is 1. The molecule has 5 nitrogen and oxygen atoms in total. The lowest BCUT2D eigenvalue weighted by Gasteiger charge is -2.06. The number of aromatic nitrogens is 1. The van der Waals surface area contributed by atoms with Crippen LogP contribution in [0.3, 0.4) is 0 Å². The second-order valence-electron chi connectivity index (χ2n) is 2.91. The Balaban J connectivity index is 2.96. The van der Waals surface area contributed by atoms with E-state index >= 15 is 0 Å². The third-order valence-corrected chi connectivity index (χ3v) is 1.75. The molecule has 0 aliphatic heterocycles. The van der Waals surface area contributed by atoms with Gasteiger partial charge in [-0.15, -0.1) is 0 Å². The fourth-order valence-electron chi connectivity index (χ4n) is 1.10. The van der Waals surface area contributed by atoms with E-state index in [0.717, 1.165) is 5.56 Å². The van der Waals surface area contributed by atoms with Crippen molar-refractivity contribution in [3.8, 4) is 11.9 Å². The Morgan fingerprint density at radius 1 is 1.73 bits per heavy atom. The van der Waals surface area contributed by atoms with Crippen molar-refractivity contribution in [3.63, 3.8) is 0 Å². The summed E-state index contributed by atoms with van der Waals surface area (Å²) >= 11 is 0. The van der Waals surface area contributed by atoms with Gasteiger partial charge in [0, 0.05) is 6.20 Å². The summed E-state index contributed by atoms with van der Waals surface area (Å²) in [6.45, 7) is 1.80. The summed E-state index contributed by atoms with van der Waals surface area (Å²) in [6.07, 6.45) is 1.61. The van der Waals surface area contributed by atoms with E-state index in [9.17, 15) is 4.79 Å². The fraction of sp³-hybridized carbons (Fsp3) is 0.300. The molecular weight excluding hydrogens is 194 g/mol. The van der Waals surface area contributed by atoms with Crippen molar-refractivity contribution in [2.75, 3.05) is 13.7 Å². The Labute approximate surface area is 87.7 Å². The quantitative estimate of drug-likeness (QED) is 0.735. The highest BCUT2D eigenvalue weighted by atomic mass is 16.5. The first kappa shape index (κ1) is 11.0. The van der Waals surface area contributed by atoms with Gasteiger partial charge in [0.2, 0.25) is 5.88 Å². The van der Waals surface area contributed by atoms with E-state index in [2.05, 4.69) is 10.3 Å². The maximum atomic E-state index is 11.6. The zero-order valence-corrected chi connectivity index (χ0v) is 8.57. The summed E-state index contributed by atoms with van der Waals surface area (Å²) in [5, 5.41) is 10.8. The second kappa shape index (κ2) is 4.96. The highest BCUT2D eigenvalue weighted by Crippen LogP contribution is 2.15. The van der Waals surface area contributed by atoms with Crippen LogP contribution in [-0.4, -0.2) is 24.5 Å². The number of methoxy groups -OCH3 is 1. The molecule has 0 fully saturated rings. The Bertz CT molecular complexity index is 410. The smallest absolute Gasteiger partial charge is 0.257 e. The van der Waals surface area contributed by atoms with Gasteiger partial charge in [-0.2, -0.15) is 5.26 Å². The average Bonchev–Trinajstić information content (AvgIpc) is 2.25. The van der Waals surface area contributed by atoms with Crippen LogP contribution in [0.1, 0.15) is 15.9 Å². The van der Waals surface area contributed by atoms with Crippen molar-refractivity contribution in [2.24, 2.45) is 0 Å². The molecule has 1 N–H and O–H groups in total. The zero-order chi connectivity index (χ0) is 11.3. The topological polar surface area (TPSA) is 75.0 Å². The minimum Gasteiger partial charge on any atom is -0.480 e. The molecule has 1 aromatic rings. The van der Waals surface area contributed by atoms with Crippen LogP contribution in [0.5, 0.6) is 5.88 Å². The van der Waals surface area contributed by atoms with Crippen molar-refractivity contribution in [1.82, 2.24) is 10.3 Å². The largest absolute Gasteiger partial charge is 0.480 e. The number of pyridine rings is 1. The summed E-state index contributed by atoms with van der Waals surface area (Å²) in [7, 11) is 1.44. The Kier molecular flexibility index (Phi) is 3.63. The van der Waals surface area contributed by atoms with Crippen molar-refractivity contribution in [2.45, 2.75) is 6.92 Å². The van der Waals surface area contributed by atoms with Crippen LogP contribution in [0.2, 0.25) is 0 Å². The van der Waals surface area contributed by atoms with E-state index in [4.69, 9.17) is 10.00 Å². The molecule has 78 valence electrons. The third kappa shape index (κ3) is 2.68. The van der Waals surface area contributed by atoms with Crippen molar-refractivity contribution >= 4 is 5.91 Å². The van der Waals surface area contributed by atoms with Gasteiger partial charge < -0.3 is 10.1 Å². The van der Waals surface area contributed by atoms with Crippen LogP contribution in [-0.2, 0) is 0 Å². The normalized spacial score (nSPS) is 9.13. The van der Waals surface area contributed by atoms with E-state index in [-0.39, 0.29) is 18.3 Å². The molecule has 0 saturated heterocycles. The molecule has 0 atom stereocenters. The highest BCUT2D eigenvalue weighted by Gasteiger charge is 2.12. The number of ether oxygens (including phenoxy) is 1. The number of nitrogens with zero attached hydrogens (tertiary/aromatic N) is 2. The minimum atomic E-state index is -0.357. The molecule has 1 rings (SSSR count). The van der Waals surface area contributed by atoms with Crippen LogP contribution in [0.15, 0.2) is 12.3 Å². The van der Waals surface area contributed by atoms with Gasteiger partial charge in [0.1, 0.15) is 12.1 Å². The molecule has 0 spiro atoms. The standard InChI is InChI=1S/C10H11N3O2/c1-7-5-8(9(14)12-4-3-11)10(15-2)13-6-7/h5-6H,4H2,1-2H3,(H,12,14). The van der Waals surface area contributed by atoms with Crippen molar-refractivity contribution in [3.05, 3.63) is 23.4 Å². The number of hydrogen-bond donors (Lipinski definition) is 1. The summed E-state index contributed by atoms with van der Waals surface area (Å²) < 4.78 is 4.95. The molecule has 15 heavy (non-hydrogen) atoms. The molecule has 0 aliphatic rings. The lowest BCUT2D eigenvalue weighted by Crippen LogP contribution is -2.24. The van der Waals surface area contributed by atoms with Gasteiger partial charge in [0.15, 0.2) is 0 Å². The predicted molar refractivity (Wildman–Crippen MR) is 53.5 cm³/mol. The third-order valence-electron chi connectivity index (χ3n) is 1.75. The lowest BCUT2D eigenvalue weighted by molar-refractivity contribution is 0.0954. The molecular formula is C10H11N3O2. The van der Waals surface area contributed by atoms with Crippen LogP contribution in [0.25, 0.3) is 0 Å². The number of amides is 1. The number of hydrogen-bond acceptors (Lipinski definition) is 4. The number of carbonyl (C=O) groups excluding carboxylic acids is 1. The van der Waals surface area contributed by atoms with Crippen LogP contribution in [0, 0.1) is 18.3 Å². The molecule has 0 radical (unpaired) electrons. The average molecular weight is 205 g/mol. The maximum absolute atomic E-state index is 11.6. The van der Waals surface area contributed by atoms with E-state index in [1.54, 1.807) is 12.3 Å². The Morgan fingerprint density at radius 3 is 3.07 bits per heavy atom. The highest BCUT2D eigenvalue weighted by molar-refractivity contribution is 5.96. The number of carbonyl (C=O) groups is 1. The lowest BCUT2D eigenvalue weighted by atomic mass is 10.2. The minimum absolute atomic E-state index is 0.0318. The van der Waals surface area contributed by atoms with Crippen LogP contribution < -0.4 is 10.1 Å². The summed E-state index contributed by atoms with van der Waals surface area (Å²) in [5.74, 6) is -0.0966. The molecule has 0 saturated carbocycles. The first-order chi connectivity index (χ1) is 7.19. The van der Waals surface area contributed by atoms with Gasteiger partial charge in [0.05, 0.1) is 13.2 Å². The molecule has 5 heteroatoms. The van der Waals surface area contributed by atoms with Gasteiger partial charge in [-0.3, -0.25) is 4.79 Å². The maximum Gasteiger partial charge on any atom is 0.257 e. The monoisotopic (exact) mass is 205 g/mol. The predicted octanol–water partition coefficient (Wildman–Crippen LogP) is 0.652. The van der Waals surface area contributed by atoms with E-state index < -0.39 is 0 Å². The van der Waals surface area contributed by atoms with E-state index in [0.29, 0.717) is 5.56 Å². The molecule has 1 amide bonds. The summed E-state index contributed by atoms with van der Waals surface area (Å²) in [6, 6.07) is 3.49. The Hall–Kier alpha value is -2.09. The van der Waals surface area contributed by atoms with Gasteiger partial charge in [0.25, 0.3) is 5.91 Å². The number of aryl methyl sites for hydroxylation is 1. The molecule has 0 bridgehead atoms. The molecule has 0 unspecified atom stereocenters. The van der Waals surface area contributed by atoms with Crippen LogP contribution >= 0.6 is 0 Å². The van der Waals surface area contributed by atoms with Gasteiger partial charge in [-0.25, -0.2) is 4.98 Å². The van der Waals surface area contributed by atoms with Gasteiger partial charge >= 0.3 is 0 Å². The van der Waals surface area contributed by atoms with Crippen molar-refractivity contribution < 1.29 is 9.53 Å². The van der Waals surface area contributed by atoms with Gasteiger partial charge in [-0.05, 0) is 18.6 Å². The SMILES string of the molecule is COc1ncc(C)cc1C(=O)NCC#N. The van der Waals surface area contributed by atoms with E-state index in [1.165, 1.54) is 7.11 Å². The van der Waals surface area contributed by atoms with Crippen LogP contribution in [0.4, 0.5) is 0 Å². The summed E-state index contributed by atoms with van der Waals surface area (Å²) in [5.41, 5.74) is 1.20. The zero-order valence-electron chi connectivity index (χ0n) is 8.57. The Morgan fingerprint density at radius 2 is 2.47 bits per heavy atom. The first-order valence-electron chi connectivity index (χ1n) is 4.35. The second-order valence-corrected chi connectivity index (χ2v) is 2.91. The summed E-state index contributed by atoms with van der Waals surface area (Å²) in [4.78, 5) is 15.5. The molecule has 1 aromatic heterocycles. The fourth-order valence-corrected chi connectivity index (χ4v) is 1.10. The van der Waals surface area contributed by atoms with Gasteiger partial charge in [-0.1, -0.05) is 0 Å². The molecule has 1 heterocycles. The number of rotatable bonds is 3. The first-order valence-corrected chi connectivity index (χ1v) is 4.35. The van der Waals surface area contributed by atoms with E-state index in [1.807, 2.05) is 13.0 Å². The van der Waals surface area contributed by atoms with Crippen molar-refractivity contribution in [1.29, 1.82) is 5.26 Å².